The van der Waals surface area contributed by atoms with Gasteiger partial charge in [-0.15, -0.1) is 0 Å². The molecule has 152 valence electrons. The van der Waals surface area contributed by atoms with Crippen molar-refractivity contribution in [3.63, 3.8) is 0 Å². The van der Waals surface area contributed by atoms with Crippen molar-refractivity contribution in [2.45, 2.75) is 65.6 Å². The third-order valence-electron chi connectivity index (χ3n) is 6.49. The molecule has 5 heteroatoms. The van der Waals surface area contributed by atoms with Gasteiger partial charge in [0.15, 0.2) is 0 Å². The SMILES string of the molecule is Cc1ccc(-c2c(C)c3c(c(C)c2CC(=O)O)CN(C(=O)NC2CCC2)C3)cc1. The Morgan fingerprint density at radius 1 is 1.03 bits per heavy atom. The molecule has 2 amide bonds. The molecule has 0 bridgehead atoms. The van der Waals surface area contributed by atoms with Crippen LogP contribution in [0.1, 0.15) is 52.6 Å². The van der Waals surface area contributed by atoms with Gasteiger partial charge in [-0.25, -0.2) is 4.79 Å². The first kappa shape index (κ1) is 19.5. The molecule has 0 radical (unpaired) electrons. The lowest BCUT2D eigenvalue weighted by Crippen LogP contribution is -2.45. The van der Waals surface area contributed by atoms with Gasteiger partial charge in [-0.3, -0.25) is 4.79 Å². The van der Waals surface area contributed by atoms with Gasteiger partial charge in [0.05, 0.1) is 6.42 Å². The first-order chi connectivity index (χ1) is 13.8. The Kier molecular flexibility index (Phi) is 5.07. The molecule has 0 aromatic heterocycles. The summed E-state index contributed by atoms with van der Waals surface area (Å²) < 4.78 is 0. The van der Waals surface area contributed by atoms with Crippen LogP contribution in [0.25, 0.3) is 11.1 Å². The fourth-order valence-corrected chi connectivity index (χ4v) is 4.51. The van der Waals surface area contributed by atoms with Gasteiger partial charge < -0.3 is 15.3 Å². The second kappa shape index (κ2) is 7.54. The van der Waals surface area contributed by atoms with Crippen LogP contribution in [-0.4, -0.2) is 28.0 Å². The highest BCUT2D eigenvalue weighted by Crippen LogP contribution is 2.39. The molecule has 1 fully saturated rings. The summed E-state index contributed by atoms with van der Waals surface area (Å²) in [6.07, 6.45) is 3.29. The number of nitrogens with zero attached hydrogens (tertiary/aromatic N) is 1. The molecule has 1 aliphatic carbocycles. The molecule has 29 heavy (non-hydrogen) atoms. The summed E-state index contributed by atoms with van der Waals surface area (Å²) in [5.41, 5.74) is 8.43. The number of aryl methyl sites for hydroxylation is 1. The molecule has 2 N–H and O–H groups in total. The minimum atomic E-state index is -0.835. The Hall–Kier alpha value is -2.82. The summed E-state index contributed by atoms with van der Waals surface area (Å²) in [4.78, 5) is 26.2. The van der Waals surface area contributed by atoms with E-state index in [0.717, 1.165) is 51.8 Å². The largest absolute Gasteiger partial charge is 0.481 e. The van der Waals surface area contributed by atoms with Crippen molar-refractivity contribution in [3.8, 4) is 11.1 Å². The molecule has 1 heterocycles. The molecule has 0 unspecified atom stereocenters. The highest BCUT2D eigenvalue weighted by molar-refractivity contribution is 5.83. The summed E-state index contributed by atoms with van der Waals surface area (Å²) in [5, 5.41) is 12.7. The predicted octanol–water partition coefficient (Wildman–Crippen LogP) is 4.48. The fraction of sp³-hybridized carbons (Fsp3) is 0.417. The summed E-state index contributed by atoms with van der Waals surface area (Å²) in [5.74, 6) is -0.835. The Bertz CT molecular complexity index is 975. The first-order valence-corrected chi connectivity index (χ1v) is 10.3. The molecule has 2 aromatic carbocycles. The molecule has 5 nitrogen and oxygen atoms in total. The number of carboxylic acids is 1. The van der Waals surface area contributed by atoms with Crippen molar-refractivity contribution in [2.24, 2.45) is 0 Å². The zero-order valence-electron chi connectivity index (χ0n) is 17.3. The van der Waals surface area contributed by atoms with Crippen LogP contribution in [0.4, 0.5) is 4.79 Å². The number of urea groups is 1. The Morgan fingerprint density at radius 3 is 2.21 bits per heavy atom. The number of nitrogens with one attached hydrogen (secondary N) is 1. The van der Waals surface area contributed by atoms with Crippen molar-refractivity contribution in [2.75, 3.05) is 0 Å². The smallest absolute Gasteiger partial charge is 0.318 e. The number of rotatable bonds is 4. The lowest BCUT2D eigenvalue weighted by molar-refractivity contribution is -0.136. The van der Waals surface area contributed by atoms with Crippen LogP contribution >= 0.6 is 0 Å². The van der Waals surface area contributed by atoms with Crippen molar-refractivity contribution in [1.29, 1.82) is 0 Å². The van der Waals surface area contributed by atoms with Crippen LogP contribution in [0.15, 0.2) is 24.3 Å². The quantitative estimate of drug-likeness (QED) is 0.806. The maximum atomic E-state index is 12.7. The van der Waals surface area contributed by atoms with Gasteiger partial charge >= 0.3 is 12.0 Å². The van der Waals surface area contributed by atoms with E-state index in [1.54, 1.807) is 0 Å². The zero-order valence-corrected chi connectivity index (χ0v) is 17.3. The third kappa shape index (κ3) is 3.61. The second-order valence-corrected chi connectivity index (χ2v) is 8.43. The van der Waals surface area contributed by atoms with Gasteiger partial charge in [-0.1, -0.05) is 29.8 Å². The van der Waals surface area contributed by atoms with E-state index >= 15 is 0 Å². The van der Waals surface area contributed by atoms with Gasteiger partial charge in [-0.05, 0) is 79.0 Å². The molecule has 1 aliphatic heterocycles. The number of carbonyl (C=O) groups is 2. The number of hydrogen-bond donors (Lipinski definition) is 2. The Morgan fingerprint density at radius 2 is 1.66 bits per heavy atom. The third-order valence-corrected chi connectivity index (χ3v) is 6.49. The predicted molar refractivity (Wildman–Crippen MR) is 113 cm³/mol. The van der Waals surface area contributed by atoms with Crippen LogP contribution in [0.3, 0.4) is 0 Å². The highest BCUT2D eigenvalue weighted by Gasteiger charge is 2.31. The van der Waals surface area contributed by atoms with E-state index in [4.69, 9.17) is 0 Å². The van der Waals surface area contributed by atoms with Gasteiger partial charge in [0.2, 0.25) is 0 Å². The zero-order chi connectivity index (χ0) is 20.7. The standard InChI is InChI=1S/C24H28N2O3/c1-14-7-9-17(10-8-14)23-16(3)21-13-26(24(29)25-18-5-4-6-18)12-20(21)15(2)19(23)11-22(27)28/h7-10,18H,4-6,11-13H2,1-3H3,(H,25,29)(H,27,28). The van der Waals surface area contributed by atoms with Gasteiger partial charge in [0, 0.05) is 19.1 Å². The monoisotopic (exact) mass is 392 g/mol. The van der Waals surface area contributed by atoms with Crippen LogP contribution in [-0.2, 0) is 24.3 Å². The van der Waals surface area contributed by atoms with E-state index in [2.05, 4.69) is 36.5 Å². The minimum absolute atomic E-state index is 0.0126. The normalized spacial score (nSPS) is 15.8. The number of aliphatic carboxylic acids is 1. The number of carbonyl (C=O) groups excluding carboxylic acids is 1. The fourth-order valence-electron chi connectivity index (χ4n) is 4.51. The Labute approximate surface area is 171 Å². The average molecular weight is 392 g/mol. The topological polar surface area (TPSA) is 69.6 Å². The number of benzene rings is 2. The second-order valence-electron chi connectivity index (χ2n) is 8.43. The minimum Gasteiger partial charge on any atom is -0.481 e. The molecule has 1 saturated carbocycles. The lowest BCUT2D eigenvalue weighted by atomic mass is 9.84. The summed E-state index contributed by atoms with van der Waals surface area (Å²) in [7, 11) is 0. The summed E-state index contributed by atoms with van der Waals surface area (Å²) in [6, 6.07) is 8.52. The first-order valence-electron chi connectivity index (χ1n) is 10.3. The van der Waals surface area contributed by atoms with E-state index in [1.807, 2.05) is 18.7 Å². The molecule has 2 aromatic rings. The molecule has 0 atom stereocenters. The summed E-state index contributed by atoms with van der Waals surface area (Å²) in [6.45, 7) is 7.23. The number of fused-ring (bicyclic) bond motifs is 1. The van der Waals surface area contributed by atoms with Crippen molar-refractivity contribution < 1.29 is 14.7 Å². The molecule has 4 rings (SSSR count). The maximum Gasteiger partial charge on any atom is 0.318 e. The van der Waals surface area contributed by atoms with E-state index in [0.29, 0.717) is 19.1 Å². The van der Waals surface area contributed by atoms with E-state index in [1.165, 1.54) is 12.0 Å². The van der Waals surface area contributed by atoms with Gasteiger partial charge in [0.25, 0.3) is 0 Å². The van der Waals surface area contributed by atoms with Crippen LogP contribution in [0, 0.1) is 20.8 Å². The lowest BCUT2D eigenvalue weighted by Gasteiger charge is -2.28. The number of amides is 2. The molecule has 0 saturated heterocycles. The van der Waals surface area contributed by atoms with Crippen molar-refractivity contribution >= 4 is 12.0 Å². The highest BCUT2D eigenvalue weighted by atomic mass is 16.4. The number of carboxylic acid groups (broad SMARTS) is 1. The number of hydrogen-bond acceptors (Lipinski definition) is 2. The molecular formula is C24H28N2O3. The molecular weight excluding hydrogens is 364 g/mol. The van der Waals surface area contributed by atoms with Crippen molar-refractivity contribution in [1.82, 2.24) is 10.2 Å². The van der Waals surface area contributed by atoms with E-state index in [9.17, 15) is 14.7 Å². The molecule has 2 aliphatic rings. The van der Waals surface area contributed by atoms with Gasteiger partial charge in [0.1, 0.15) is 0 Å². The van der Waals surface area contributed by atoms with Crippen molar-refractivity contribution in [3.05, 3.63) is 57.6 Å². The Balaban J connectivity index is 1.75. The maximum absolute atomic E-state index is 12.7. The van der Waals surface area contributed by atoms with Crippen LogP contribution < -0.4 is 5.32 Å². The van der Waals surface area contributed by atoms with E-state index < -0.39 is 5.97 Å². The van der Waals surface area contributed by atoms with Gasteiger partial charge in [-0.2, -0.15) is 0 Å². The van der Waals surface area contributed by atoms with E-state index in [-0.39, 0.29) is 12.5 Å². The average Bonchev–Trinajstić information content (AvgIpc) is 3.09. The molecule has 0 spiro atoms. The van der Waals surface area contributed by atoms with Crippen LogP contribution in [0.2, 0.25) is 0 Å². The van der Waals surface area contributed by atoms with Crippen LogP contribution in [0.5, 0.6) is 0 Å². The summed E-state index contributed by atoms with van der Waals surface area (Å²) >= 11 is 0.